The van der Waals surface area contributed by atoms with Gasteiger partial charge in [-0.05, 0) is 103 Å². The van der Waals surface area contributed by atoms with Crippen molar-refractivity contribution >= 4 is 25.2 Å². The molecule has 0 saturated carbocycles. The number of rotatable bonds is 7. The van der Waals surface area contributed by atoms with Crippen LogP contribution in [-0.2, 0) is 18.6 Å². The Morgan fingerprint density at radius 2 is 0.921 bits per heavy atom. The summed E-state index contributed by atoms with van der Waals surface area (Å²) in [6.45, 7) is 16.3. The minimum absolute atomic E-state index is 0.400. The molecule has 0 N–H and O–H groups in total. The first-order valence-corrected chi connectivity index (χ1v) is 13.0. The molecule has 0 bridgehead atoms. The second-order valence-electron chi connectivity index (χ2n) is 11.9. The quantitative estimate of drug-likeness (QED) is 0.321. The minimum atomic E-state index is -0.782. The molecule has 3 heterocycles. The molecule has 2 aromatic carbocycles. The van der Waals surface area contributed by atoms with Gasteiger partial charge in [0.15, 0.2) is 5.76 Å². The predicted octanol–water partition coefficient (Wildman–Crippen LogP) is 5.03. The standard InChI is InChI=1S/C29H36B2O7/c1-26(2)27(3,4)36-30(35-26)20-11-15-22(16-12-20)33-25(24-10-9-19-32-24)34-23-17-13-21(14-18-23)31-37-28(5,6)29(7,8)38-31/h9-19,25H,1-8H3. The Morgan fingerprint density at radius 3 is 1.24 bits per heavy atom. The highest BCUT2D eigenvalue weighted by atomic mass is 16.7. The van der Waals surface area contributed by atoms with E-state index >= 15 is 0 Å². The lowest BCUT2D eigenvalue weighted by atomic mass is 9.79. The Kier molecular flexibility index (Phi) is 6.71. The van der Waals surface area contributed by atoms with Crippen molar-refractivity contribution < 1.29 is 32.5 Å². The van der Waals surface area contributed by atoms with E-state index in [1.54, 1.807) is 12.3 Å². The summed E-state index contributed by atoms with van der Waals surface area (Å²) in [7, 11) is -0.873. The third-order valence-corrected chi connectivity index (χ3v) is 8.07. The number of furan rings is 1. The van der Waals surface area contributed by atoms with E-state index in [9.17, 15) is 0 Å². The smallest absolute Gasteiger partial charge is 0.461 e. The Hall–Kier alpha value is -2.71. The van der Waals surface area contributed by atoms with Crippen LogP contribution in [-0.4, -0.2) is 36.6 Å². The first kappa shape index (κ1) is 26.9. The van der Waals surface area contributed by atoms with Crippen molar-refractivity contribution in [2.24, 2.45) is 0 Å². The van der Waals surface area contributed by atoms with Gasteiger partial charge in [0.1, 0.15) is 11.5 Å². The number of hydrogen-bond acceptors (Lipinski definition) is 7. The van der Waals surface area contributed by atoms with E-state index in [1.165, 1.54) is 0 Å². The fourth-order valence-corrected chi connectivity index (χ4v) is 4.18. The van der Waals surface area contributed by atoms with Crippen LogP contribution in [0.4, 0.5) is 0 Å². The van der Waals surface area contributed by atoms with Crippen LogP contribution in [0.25, 0.3) is 0 Å². The van der Waals surface area contributed by atoms with Crippen molar-refractivity contribution in [3.05, 3.63) is 72.7 Å². The van der Waals surface area contributed by atoms with E-state index in [0.29, 0.717) is 17.3 Å². The van der Waals surface area contributed by atoms with Gasteiger partial charge >= 0.3 is 14.2 Å². The van der Waals surface area contributed by atoms with Crippen LogP contribution in [0.2, 0.25) is 0 Å². The monoisotopic (exact) mass is 518 g/mol. The Labute approximate surface area is 226 Å². The molecule has 2 fully saturated rings. The van der Waals surface area contributed by atoms with Crippen LogP contribution in [0.5, 0.6) is 11.5 Å². The summed E-state index contributed by atoms with van der Waals surface area (Å²) in [5.41, 5.74) is 0.243. The maximum atomic E-state index is 6.20. The van der Waals surface area contributed by atoms with Gasteiger partial charge in [-0.2, -0.15) is 0 Å². The summed E-state index contributed by atoms with van der Waals surface area (Å²) < 4.78 is 42.6. The molecule has 2 saturated heterocycles. The van der Waals surface area contributed by atoms with E-state index in [4.69, 9.17) is 32.5 Å². The highest BCUT2D eigenvalue weighted by Gasteiger charge is 2.52. The van der Waals surface area contributed by atoms with Crippen LogP contribution in [0, 0.1) is 0 Å². The molecule has 2 aliphatic heterocycles. The Balaban J connectivity index is 1.28. The highest BCUT2D eigenvalue weighted by molar-refractivity contribution is 6.62. The third kappa shape index (κ3) is 5.13. The molecule has 7 nitrogen and oxygen atoms in total. The zero-order valence-electron chi connectivity index (χ0n) is 23.4. The number of hydrogen-bond donors (Lipinski definition) is 0. The Bertz CT molecular complexity index is 1120. The topological polar surface area (TPSA) is 68.5 Å². The average Bonchev–Trinajstić information content (AvgIpc) is 3.50. The SMILES string of the molecule is CC1(C)OB(c2ccc(OC(Oc3ccc(B4OC(C)(C)C(C)(C)O4)cc3)c3ccco3)cc2)OC1(C)C. The van der Waals surface area contributed by atoms with E-state index in [-0.39, 0.29) is 0 Å². The largest absolute Gasteiger partial charge is 0.494 e. The summed E-state index contributed by atoms with van der Waals surface area (Å²) in [5.74, 6) is 1.80. The first-order valence-electron chi connectivity index (χ1n) is 13.0. The fraction of sp³-hybridized carbons (Fsp3) is 0.448. The van der Waals surface area contributed by atoms with Crippen molar-refractivity contribution in [2.75, 3.05) is 0 Å². The van der Waals surface area contributed by atoms with Crippen molar-refractivity contribution in [2.45, 2.75) is 84.1 Å². The summed E-state index contributed by atoms with van der Waals surface area (Å²) >= 11 is 0. The molecular formula is C29H36B2O7. The van der Waals surface area contributed by atoms with Crippen molar-refractivity contribution in [3.63, 3.8) is 0 Å². The zero-order chi connectivity index (χ0) is 27.3. The molecule has 1 aromatic heterocycles. The number of benzene rings is 2. The maximum Gasteiger partial charge on any atom is 0.494 e. The van der Waals surface area contributed by atoms with Crippen molar-refractivity contribution in [1.82, 2.24) is 0 Å². The van der Waals surface area contributed by atoms with Gasteiger partial charge in [-0.25, -0.2) is 0 Å². The minimum Gasteiger partial charge on any atom is -0.461 e. The lowest BCUT2D eigenvalue weighted by Crippen LogP contribution is -2.41. The number of ether oxygens (including phenoxy) is 2. The molecular weight excluding hydrogens is 482 g/mol. The molecule has 38 heavy (non-hydrogen) atoms. The molecule has 5 rings (SSSR count). The van der Waals surface area contributed by atoms with Gasteiger partial charge in [-0.3, -0.25) is 0 Å². The van der Waals surface area contributed by atoms with Crippen molar-refractivity contribution in [1.29, 1.82) is 0 Å². The van der Waals surface area contributed by atoms with Gasteiger partial charge in [0, 0.05) is 0 Å². The van der Waals surface area contributed by atoms with E-state index in [1.807, 2.05) is 110 Å². The van der Waals surface area contributed by atoms with Crippen LogP contribution in [0.3, 0.4) is 0 Å². The summed E-state index contributed by atoms with van der Waals surface area (Å²) in [4.78, 5) is 0. The van der Waals surface area contributed by atoms with Gasteiger partial charge in [-0.15, -0.1) is 0 Å². The highest BCUT2D eigenvalue weighted by Crippen LogP contribution is 2.38. The van der Waals surface area contributed by atoms with Gasteiger partial charge < -0.3 is 32.5 Å². The lowest BCUT2D eigenvalue weighted by molar-refractivity contribution is -0.0130. The normalized spacial score (nSPS) is 21.2. The molecule has 9 heteroatoms. The summed E-state index contributed by atoms with van der Waals surface area (Å²) in [6, 6.07) is 18.9. The van der Waals surface area contributed by atoms with E-state index < -0.39 is 42.9 Å². The molecule has 0 radical (unpaired) electrons. The summed E-state index contributed by atoms with van der Waals surface area (Å²) in [6.07, 6.45) is 0.813. The average molecular weight is 518 g/mol. The van der Waals surface area contributed by atoms with Crippen molar-refractivity contribution in [3.8, 4) is 11.5 Å². The fourth-order valence-electron chi connectivity index (χ4n) is 4.18. The Morgan fingerprint density at radius 1 is 0.553 bits per heavy atom. The molecule has 0 amide bonds. The van der Waals surface area contributed by atoms with Gasteiger partial charge in [0.25, 0.3) is 6.29 Å². The summed E-state index contributed by atoms with van der Waals surface area (Å²) in [5, 5.41) is 0. The van der Waals surface area contributed by atoms with Gasteiger partial charge in [0.2, 0.25) is 0 Å². The molecule has 0 spiro atoms. The van der Waals surface area contributed by atoms with E-state index in [2.05, 4.69) is 0 Å². The molecule has 2 aliphatic rings. The maximum absolute atomic E-state index is 6.20. The molecule has 0 unspecified atom stereocenters. The van der Waals surface area contributed by atoms with Crippen LogP contribution in [0.15, 0.2) is 71.3 Å². The zero-order valence-corrected chi connectivity index (χ0v) is 23.4. The van der Waals surface area contributed by atoms with Gasteiger partial charge in [0.05, 0.1) is 28.7 Å². The second kappa shape index (κ2) is 9.49. The van der Waals surface area contributed by atoms with Crippen LogP contribution >= 0.6 is 0 Å². The van der Waals surface area contributed by atoms with Gasteiger partial charge in [-0.1, -0.05) is 24.3 Å². The third-order valence-electron chi connectivity index (χ3n) is 8.07. The van der Waals surface area contributed by atoms with Crippen LogP contribution in [0.1, 0.15) is 67.4 Å². The first-order chi connectivity index (χ1) is 17.8. The van der Waals surface area contributed by atoms with E-state index in [0.717, 1.165) is 10.9 Å². The predicted molar refractivity (Wildman–Crippen MR) is 147 cm³/mol. The molecule has 200 valence electrons. The molecule has 0 atom stereocenters. The van der Waals surface area contributed by atoms with Crippen LogP contribution < -0.4 is 20.4 Å². The molecule has 0 aliphatic carbocycles. The molecule has 3 aromatic rings. The lowest BCUT2D eigenvalue weighted by Gasteiger charge is -2.32. The second-order valence-corrected chi connectivity index (χ2v) is 11.9.